The van der Waals surface area contributed by atoms with Crippen molar-refractivity contribution in [3.8, 4) is 17.0 Å². The Kier molecular flexibility index (Phi) is 7.40. The standard InChI is InChI=1S/C27H34N4O4/c1-5-18-15-21-24(29-23(18)19-9-7-6-8-10-19)26(35-17(2)3)25(30(21)4)27(34)28-20-11-13-31(14-12-20)22(33)16-32/h6-10,15,17,20,32H,5,11-14,16H2,1-4H3,(H,28,34). The number of amides is 2. The highest BCUT2D eigenvalue weighted by atomic mass is 16.5. The second-order valence-corrected chi connectivity index (χ2v) is 9.27. The lowest BCUT2D eigenvalue weighted by molar-refractivity contribution is -0.135. The summed E-state index contributed by atoms with van der Waals surface area (Å²) in [4.78, 5) is 31.9. The third-order valence-electron chi connectivity index (χ3n) is 6.52. The third kappa shape index (κ3) is 5.03. The van der Waals surface area contributed by atoms with Crippen LogP contribution in [-0.4, -0.2) is 63.2 Å². The van der Waals surface area contributed by atoms with Crippen molar-refractivity contribution in [2.45, 2.75) is 52.2 Å². The molecule has 0 radical (unpaired) electrons. The molecule has 0 saturated carbocycles. The summed E-state index contributed by atoms with van der Waals surface area (Å²) in [6.45, 7) is 6.51. The van der Waals surface area contributed by atoms with Crippen molar-refractivity contribution in [1.29, 1.82) is 0 Å². The fourth-order valence-electron chi connectivity index (χ4n) is 4.70. The summed E-state index contributed by atoms with van der Waals surface area (Å²) in [5.74, 6) is -0.00164. The molecule has 1 saturated heterocycles. The molecule has 0 bridgehead atoms. The lowest BCUT2D eigenvalue weighted by atomic mass is 10.0. The van der Waals surface area contributed by atoms with Gasteiger partial charge in [0.2, 0.25) is 5.91 Å². The van der Waals surface area contributed by atoms with Gasteiger partial charge in [-0.1, -0.05) is 37.3 Å². The molecule has 2 aromatic heterocycles. The molecule has 0 atom stereocenters. The molecule has 1 aliphatic heterocycles. The van der Waals surface area contributed by atoms with E-state index in [9.17, 15) is 9.59 Å². The van der Waals surface area contributed by atoms with Crippen molar-refractivity contribution in [3.63, 3.8) is 0 Å². The van der Waals surface area contributed by atoms with E-state index in [-0.39, 0.29) is 24.0 Å². The number of aryl methyl sites for hydroxylation is 2. The Balaban J connectivity index is 1.71. The number of ether oxygens (including phenoxy) is 1. The second kappa shape index (κ2) is 10.5. The zero-order valence-electron chi connectivity index (χ0n) is 20.9. The predicted octanol–water partition coefficient (Wildman–Crippen LogP) is 3.30. The van der Waals surface area contributed by atoms with E-state index in [0.717, 1.165) is 28.8 Å². The minimum Gasteiger partial charge on any atom is -0.486 e. The monoisotopic (exact) mass is 478 g/mol. The van der Waals surface area contributed by atoms with E-state index in [1.165, 1.54) is 0 Å². The molecule has 1 fully saturated rings. The SMILES string of the molecule is CCc1cc2c(nc1-c1ccccc1)c(OC(C)C)c(C(=O)NC1CCN(C(=O)CO)CC1)n2C. The van der Waals surface area contributed by atoms with Gasteiger partial charge < -0.3 is 24.6 Å². The normalized spacial score (nSPS) is 14.5. The minimum atomic E-state index is -0.486. The molecule has 8 heteroatoms. The van der Waals surface area contributed by atoms with Crippen molar-refractivity contribution in [2.24, 2.45) is 7.05 Å². The highest BCUT2D eigenvalue weighted by Gasteiger charge is 2.29. The Morgan fingerprint density at radius 2 is 1.89 bits per heavy atom. The lowest BCUT2D eigenvalue weighted by Crippen LogP contribution is -2.47. The van der Waals surface area contributed by atoms with Gasteiger partial charge in [0.15, 0.2) is 11.4 Å². The number of carbonyl (C=O) groups excluding carboxylic acids is 2. The molecule has 8 nitrogen and oxygen atoms in total. The van der Waals surface area contributed by atoms with Crippen LogP contribution in [0.15, 0.2) is 36.4 Å². The van der Waals surface area contributed by atoms with Crippen molar-refractivity contribution < 1.29 is 19.4 Å². The summed E-state index contributed by atoms with van der Waals surface area (Å²) in [6, 6.07) is 12.1. The van der Waals surface area contributed by atoms with E-state index in [2.05, 4.69) is 18.3 Å². The first kappa shape index (κ1) is 24.7. The van der Waals surface area contributed by atoms with Crippen LogP contribution < -0.4 is 10.1 Å². The summed E-state index contributed by atoms with van der Waals surface area (Å²) < 4.78 is 8.06. The van der Waals surface area contributed by atoms with Gasteiger partial charge in [-0.25, -0.2) is 4.98 Å². The van der Waals surface area contributed by atoms with Gasteiger partial charge in [-0.15, -0.1) is 0 Å². The Hall–Kier alpha value is -3.39. The number of aliphatic hydroxyl groups excluding tert-OH is 1. The molecule has 1 aliphatic rings. The van der Waals surface area contributed by atoms with E-state index in [1.807, 2.05) is 55.8 Å². The molecule has 3 heterocycles. The highest BCUT2D eigenvalue weighted by molar-refractivity contribution is 6.03. The maximum Gasteiger partial charge on any atom is 0.272 e. The van der Waals surface area contributed by atoms with Gasteiger partial charge >= 0.3 is 0 Å². The van der Waals surface area contributed by atoms with E-state index in [4.69, 9.17) is 14.8 Å². The van der Waals surface area contributed by atoms with Gasteiger partial charge in [-0.2, -0.15) is 0 Å². The molecule has 2 amide bonds. The van der Waals surface area contributed by atoms with Crippen LogP contribution in [0.5, 0.6) is 5.75 Å². The number of hydrogen-bond acceptors (Lipinski definition) is 5. The van der Waals surface area contributed by atoms with Crippen LogP contribution >= 0.6 is 0 Å². The van der Waals surface area contributed by atoms with Gasteiger partial charge in [-0.05, 0) is 44.7 Å². The van der Waals surface area contributed by atoms with Gasteiger partial charge in [0, 0.05) is 31.7 Å². The number of piperidine rings is 1. The Labute approximate surface area is 205 Å². The molecule has 186 valence electrons. The molecule has 0 aliphatic carbocycles. The van der Waals surface area contributed by atoms with Gasteiger partial charge in [0.25, 0.3) is 5.91 Å². The number of aliphatic hydroxyl groups is 1. The minimum absolute atomic E-state index is 0.0609. The van der Waals surface area contributed by atoms with Crippen LogP contribution in [0.2, 0.25) is 0 Å². The Morgan fingerprint density at radius 1 is 1.20 bits per heavy atom. The third-order valence-corrected chi connectivity index (χ3v) is 6.52. The molecule has 2 N–H and O–H groups in total. The molecular formula is C27H34N4O4. The lowest BCUT2D eigenvalue weighted by Gasteiger charge is -2.32. The molecule has 35 heavy (non-hydrogen) atoms. The average Bonchev–Trinajstić information content (AvgIpc) is 3.13. The van der Waals surface area contributed by atoms with Gasteiger partial charge in [-0.3, -0.25) is 9.59 Å². The molecule has 0 spiro atoms. The number of likely N-dealkylation sites (tertiary alicyclic amines) is 1. The predicted molar refractivity (Wildman–Crippen MR) is 135 cm³/mol. The number of nitrogens with zero attached hydrogens (tertiary/aromatic N) is 3. The van der Waals surface area contributed by atoms with E-state index >= 15 is 0 Å². The average molecular weight is 479 g/mol. The molecule has 0 unspecified atom stereocenters. The van der Waals surface area contributed by atoms with Crippen LogP contribution in [-0.2, 0) is 18.3 Å². The van der Waals surface area contributed by atoms with Crippen LogP contribution in [0.1, 0.15) is 49.7 Å². The van der Waals surface area contributed by atoms with Crippen LogP contribution in [0.4, 0.5) is 0 Å². The summed E-state index contributed by atoms with van der Waals surface area (Å²) in [7, 11) is 1.87. The zero-order chi connectivity index (χ0) is 25.1. The summed E-state index contributed by atoms with van der Waals surface area (Å²) in [5.41, 5.74) is 5.00. The molecule has 1 aromatic carbocycles. The van der Waals surface area contributed by atoms with Crippen molar-refractivity contribution in [2.75, 3.05) is 19.7 Å². The number of rotatable bonds is 7. The molecule has 4 rings (SSSR count). The summed E-state index contributed by atoms with van der Waals surface area (Å²) in [5, 5.41) is 12.2. The van der Waals surface area contributed by atoms with Crippen molar-refractivity contribution in [1.82, 2.24) is 19.8 Å². The number of pyridine rings is 1. The van der Waals surface area contributed by atoms with Gasteiger partial charge in [0.1, 0.15) is 12.1 Å². The quantitative estimate of drug-likeness (QED) is 0.543. The summed E-state index contributed by atoms with van der Waals surface area (Å²) in [6.07, 6.45) is 1.95. The van der Waals surface area contributed by atoms with E-state index in [1.54, 1.807) is 4.90 Å². The van der Waals surface area contributed by atoms with Crippen LogP contribution in [0.3, 0.4) is 0 Å². The summed E-state index contributed by atoms with van der Waals surface area (Å²) >= 11 is 0. The number of benzene rings is 1. The van der Waals surface area contributed by atoms with Crippen molar-refractivity contribution >= 4 is 22.8 Å². The second-order valence-electron chi connectivity index (χ2n) is 9.27. The largest absolute Gasteiger partial charge is 0.486 e. The maximum atomic E-state index is 13.5. The number of hydrogen-bond donors (Lipinski definition) is 2. The number of aromatic nitrogens is 2. The first-order valence-corrected chi connectivity index (χ1v) is 12.3. The smallest absolute Gasteiger partial charge is 0.272 e. The fourth-order valence-corrected chi connectivity index (χ4v) is 4.70. The van der Waals surface area contributed by atoms with E-state index < -0.39 is 6.61 Å². The molecular weight excluding hydrogens is 444 g/mol. The number of nitrogens with one attached hydrogen (secondary N) is 1. The molecule has 3 aromatic rings. The topological polar surface area (TPSA) is 96.7 Å². The van der Waals surface area contributed by atoms with Crippen molar-refractivity contribution in [3.05, 3.63) is 47.7 Å². The number of carbonyl (C=O) groups is 2. The fraction of sp³-hybridized carbons (Fsp3) is 0.444. The number of fused-ring (bicyclic) bond motifs is 1. The first-order chi connectivity index (χ1) is 16.8. The first-order valence-electron chi connectivity index (χ1n) is 12.3. The Bertz CT molecular complexity index is 1210. The maximum absolute atomic E-state index is 13.5. The highest BCUT2D eigenvalue weighted by Crippen LogP contribution is 2.36. The Morgan fingerprint density at radius 3 is 2.49 bits per heavy atom. The van der Waals surface area contributed by atoms with Gasteiger partial charge in [0.05, 0.1) is 17.3 Å². The zero-order valence-corrected chi connectivity index (χ0v) is 20.9. The van der Waals surface area contributed by atoms with E-state index in [0.29, 0.717) is 42.9 Å². The van der Waals surface area contributed by atoms with Crippen LogP contribution in [0, 0.1) is 0 Å². The van der Waals surface area contributed by atoms with Crippen LogP contribution in [0.25, 0.3) is 22.3 Å².